The van der Waals surface area contributed by atoms with Gasteiger partial charge in [0.15, 0.2) is 6.29 Å². The number of carboxylic acid groups (broad SMARTS) is 1. The molecule has 0 aromatic heterocycles. The van der Waals surface area contributed by atoms with Crippen LogP contribution in [0.25, 0.3) is 0 Å². The van der Waals surface area contributed by atoms with Crippen molar-refractivity contribution >= 4 is 5.97 Å². The molecule has 0 unspecified atom stereocenters. The lowest BCUT2D eigenvalue weighted by atomic mass is 9.99. The Hall–Kier alpha value is -1.27. The Morgan fingerprint density at radius 1 is 1.14 bits per heavy atom. The van der Waals surface area contributed by atoms with Crippen molar-refractivity contribution in [3.05, 3.63) is 11.8 Å². The lowest BCUT2D eigenvalue weighted by molar-refractivity contribution is -0.328. The molecule has 2 aliphatic rings. The Morgan fingerprint density at radius 3 is 2.36 bits per heavy atom. The molecule has 1 saturated heterocycles. The fourth-order valence-electron chi connectivity index (χ4n) is 2.20. The van der Waals surface area contributed by atoms with Gasteiger partial charge in [-0.3, -0.25) is 0 Å². The zero-order chi connectivity index (χ0) is 16.6. The first-order valence-electron chi connectivity index (χ1n) is 6.55. The van der Waals surface area contributed by atoms with Crippen LogP contribution in [0.3, 0.4) is 0 Å². The fraction of sp³-hybridized carbons (Fsp3) is 0.750. The normalized spacial score (nSPS) is 45.8. The summed E-state index contributed by atoms with van der Waals surface area (Å²) in [4.78, 5) is 10.9. The van der Waals surface area contributed by atoms with Gasteiger partial charge >= 0.3 is 5.97 Å². The highest BCUT2D eigenvalue weighted by Crippen LogP contribution is 2.27. The molecular weight excluding hydrogens is 304 g/mol. The summed E-state index contributed by atoms with van der Waals surface area (Å²) in [7, 11) is 0. The highest BCUT2D eigenvalue weighted by Gasteiger charge is 2.46. The van der Waals surface area contributed by atoms with E-state index in [4.69, 9.17) is 19.3 Å². The van der Waals surface area contributed by atoms with Crippen LogP contribution in [0.2, 0.25) is 0 Å². The summed E-state index contributed by atoms with van der Waals surface area (Å²) >= 11 is 0. The first-order valence-corrected chi connectivity index (χ1v) is 6.55. The second-order valence-corrected chi connectivity index (χ2v) is 5.12. The number of hydrogen-bond donors (Lipinski definition) is 6. The Bertz CT molecular complexity index is 451. The standard InChI is InChI=1S/C12H18O10/c1-3-6(14)8(16)9(11(19)20-3)22-12-7(15)4(13)2-5(21-12)10(17)18/h2-4,6-9,11-16,19H,1H3,(H,17,18)/t3-,4-,6-,7+,8+,9+,11-,12+/m0/s1. The first kappa shape index (κ1) is 17.1. The molecule has 2 rings (SSSR count). The Kier molecular flexibility index (Phi) is 5.02. The molecule has 2 heterocycles. The number of carbonyl (C=O) groups is 1. The summed E-state index contributed by atoms with van der Waals surface area (Å²) in [5.74, 6) is -2.15. The second kappa shape index (κ2) is 6.46. The number of carboxylic acids is 1. The van der Waals surface area contributed by atoms with Crippen molar-refractivity contribution in [1.82, 2.24) is 0 Å². The number of ether oxygens (including phenoxy) is 3. The maximum absolute atomic E-state index is 10.9. The topological polar surface area (TPSA) is 166 Å². The summed E-state index contributed by atoms with van der Waals surface area (Å²) in [6.45, 7) is 1.42. The van der Waals surface area contributed by atoms with Gasteiger partial charge < -0.3 is 44.8 Å². The molecule has 1 fully saturated rings. The van der Waals surface area contributed by atoms with Crippen LogP contribution < -0.4 is 0 Å². The van der Waals surface area contributed by atoms with Crippen LogP contribution in [0.1, 0.15) is 6.92 Å². The number of hydrogen-bond acceptors (Lipinski definition) is 9. The van der Waals surface area contributed by atoms with Gasteiger partial charge in [-0.15, -0.1) is 0 Å². The van der Waals surface area contributed by atoms with E-state index in [1.54, 1.807) is 0 Å². The Labute approximate surface area is 124 Å². The number of aliphatic hydroxyl groups excluding tert-OH is 5. The smallest absolute Gasteiger partial charge is 0.371 e. The van der Waals surface area contributed by atoms with Crippen LogP contribution in [0.4, 0.5) is 0 Å². The first-order chi connectivity index (χ1) is 10.2. The third kappa shape index (κ3) is 3.22. The third-order valence-electron chi connectivity index (χ3n) is 3.50. The zero-order valence-corrected chi connectivity index (χ0v) is 11.5. The van der Waals surface area contributed by atoms with Crippen LogP contribution in [0.15, 0.2) is 11.8 Å². The molecule has 0 aromatic carbocycles. The van der Waals surface area contributed by atoms with Crippen LogP contribution in [0.5, 0.6) is 0 Å². The largest absolute Gasteiger partial charge is 0.475 e. The molecule has 0 saturated carbocycles. The number of rotatable bonds is 3. The number of aliphatic hydroxyl groups is 5. The molecule has 0 spiro atoms. The molecule has 10 heteroatoms. The van der Waals surface area contributed by atoms with Crippen molar-refractivity contribution in [1.29, 1.82) is 0 Å². The summed E-state index contributed by atoms with van der Waals surface area (Å²) < 4.78 is 14.9. The van der Waals surface area contributed by atoms with Gasteiger partial charge in [0.25, 0.3) is 0 Å². The molecule has 0 aliphatic carbocycles. The number of aliphatic carboxylic acids is 1. The highest BCUT2D eigenvalue weighted by molar-refractivity contribution is 5.84. The van der Waals surface area contributed by atoms with E-state index in [1.807, 2.05) is 0 Å². The molecule has 0 radical (unpaired) electrons. The lowest BCUT2D eigenvalue weighted by Gasteiger charge is -2.41. The summed E-state index contributed by atoms with van der Waals surface area (Å²) in [6, 6.07) is 0. The molecule has 22 heavy (non-hydrogen) atoms. The maximum atomic E-state index is 10.9. The Balaban J connectivity index is 2.12. The van der Waals surface area contributed by atoms with Gasteiger partial charge in [0, 0.05) is 0 Å². The molecule has 8 atom stereocenters. The minimum atomic E-state index is -1.68. The predicted octanol–water partition coefficient (Wildman–Crippen LogP) is -3.12. The molecule has 126 valence electrons. The molecule has 6 N–H and O–H groups in total. The minimum absolute atomic E-state index is 0.655. The molecule has 0 bridgehead atoms. The molecular formula is C12H18O10. The van der Waals surface area contributed by atoms with Crippen LogP contribution in [-0.4, -0.2) is 85.8 Å². The van der Waals surface area contributed by atoms with E-state index in [0.29, 0.717) is 0 Å². The van der Waals surface area contributed by atoms with E-state index in [2.05, 4.69) is 0 Å². The van der Waals surface area contributed by atoms with E-state index < -0.39 is 60.9 Å². The van der Waals surface area contributed by atoms with Crippen molar-refractivity contribution in [2.75, 3.05) is 0 Å². The van der Waals surface area contributed by atoms with Crippen molar-refractivity contribution in [2.24, 2.45) is 0 Å². The second-order valence-electron chi connectivity index (χ2n) is 5.12. The predicted molar refractivity (Wildman–Crippen MR) is 66.0 cm³/mol. The minimum Gasteiger partial charge on any atom is -0.475 e. The van der Waals surface area contributed by atoms with Crippen molar-refractivity contribution in [3.63, 3.8) is 0 Å². The van der Waals surface area contributed by atoms with Crippen LogP contribution in [0, 0.1) is 0 Å². The van der Waals surface area contributed by atoms with Gasteiger partial charge in [0.2, 0.25) is 12.0 Å². The molecule has 2 aliphatic heterocycles. The van der Waals surface area contributed by atoms with E-state index in [-0.39, 0.29) is 0 Å². The highest BCUT2D eigenvalue weighted by atomic mass is 16.7. The van der Waals surface area contributed by atoms with Gasteiger partial charge in [0.1, 0.15) is 30.5 Å². The van der Waals surface area contributed by atoms with E-state index in [0.717, 1.165) is 6.08 Å². The van der Waals surface area contributed by atoms with Crippen LogP contribution in [-0.2, 0) is 19.0 Å². The summed E-state index contributed by atoms with van der Waals surface area (Å²) in [6.07, 6.45) is -11.1. The summed E-state index contributed by atoms with van der Waals surface area (Å²) in [5, 5.41) is 57.5. The quantitative estimate of drug-likeness (QED) is 0.313. The Morgan fingerprint density at radius 2 is 1.77 bits per heavy atom. The zero-order valence-electron chi connectivity index (χ0n) is 11.5. The molecule has 0 amide bonds. The van der Waals surface area contributed by atoms with Gasteiger partial charge in [-0.2, -0.15) is 0 Å². The average molecular weight is 322 g/mol. The van der Waals surface area contributed by atoms with Gasteiger partial charge in [-0.05, 0) is 13.0 Å². The molecule has 0 aromatic rings. The third-order valence-corrected chi connectivity index (χ3v) is 3.50. The van der Waals surface area contributed by atoms with Crippen molar-refractivity contribution in [3.8, 4) is 0 Å². The van der Waals surface area contributed by atoms with E-state index in [1.165, 1.54) is 6.92 Å². The van der Waals surface area contributed by atoms with E-state index >= 15 is 0 Å². The van der Waals surface area contributed by atoms with E-state index in [9.17, 15) is 30.3 Å². The lowest BCUT2D eigenvalue weighted by Crippen LogP contribution is -2.60. The summed E-state index contributed by atoms with van der Waals surface area (Å²) in [5.41, 5.74) is 0. The maximum Gasteiger partial charge on any atom is 0.371 e. The van der Waals surface area contributed by atoms with Gasteiger partial charge in [0.05, 0.1) is 6.10 Å². The fourth-order valence-corrected chi connectivity index (χ4v) is 2.20. The average Bonchev–Trinajstić information content (AvgIpc) is 2.45. The van der Waals surface area contributed by atoms with Gasteiger partial charge in [-0.1, -0.05) is 0 Å². The monoisotopic (exact) mass is 322 g/mol. The molecule has 10 nitrogen and oxygen atoms in total. The van der Waals surface area contributed by atoms with Crippen molar-refractivity contribution < 1.29 is 49.6 Å². The van der Waals surface area contributed by atoms with Crippen molar-refractivity contribution in [2.45, 2.75) is 56.1 Å². The van der Waals surface area contributed by atoms with Gasteiger partial charge in [-0.25, -0.2) is 4.79 Å². The SMILES string of the molecule is C[C@@H]1O[C@H](O)[C@H](O[C@H]2OC(C(=O)O)=C[C@H](O)[C@H]2O)[C@H](O)[C@H]1O. The van der Waals surface area contributed by atoms with Crippen LogP contribution >= 0.6 is 0 Å².